The Morgan fingerprint density at radius 3 is 2.50 bits per heavy atom. The van der Waals surface area contributed by atoms with Crippen molar-refractivity contribution in [2.24, 2.45) is 0 Å². The highest BCUT2D eigenvalue weighted by Crippen LogP contribution is 2.33. The summed E-state index contributed by atoms with van der Waals surface area (Å²) in [5.41, 5.74) is 1.58. The Kier molecular flexibility index (Phi) is 4.51. The van der Waals surface area contributed by atoms with Gasteiger partial charge in [-0.3, -0.25) is 4.79 Å². The number of carbonyl (C=O) groups is 1. The van der Waals surface area contributed by atoms with E-state index in [2.05, 4.69) is 0 Å². The van der Waals surface area contributed by atoms with E-state index in [1.807, 2.05) is 43.0 Å². The van der Waals surface area contributed by atoms with Crippen molar-refractivity contribution in [3.63, 3.8) is 0 Å². The van der Waals surface area contributed by atoms with Crippen molar-refractivity contribution in [1.82, 2.24) is 4.90 Å². The molecule has 3 rings (SSSR count). The molecule has 0 spiro atoms. The number of ether oxygens (including phenoxy) is 2. The van der Waals surface area contributed by atoms with Crippen molar-refractivity contribution < 1.29 is 18.7 Å². The van der Waals surface area contributed by atoms with Gasteiger partial charge >= 0.3 is 0 Å². The summed E-state index contributed by atoms with van der Waals surface area (Å²) < 4.78 is 16.3. The molecule has 0 bridgehead atoms. The van der Waals surface area contributed by atoms with E-state index >= 15 is 0 Å². The van der Waals surface area contributed by atoms with E-state index in [0.717, 1.165) is 35.7 Å². The Labute approximate surface area is 142 Å². The summed E-state index contributed by atoms with van der Waals surface area (Å²) in [6.07, 6.45) is 2.07. The lowest BCUT2D eigenvalue weighted by molar-refractivity contribution is 0.0727. The molecule has 1 fully saturated rings. The molecule has 5 heteroatoms. The maximum absolute atomic E-state index is 13.0. The van der Waals surface area contributed by atoms with Crippen LogP contribution in [0.15, 0.2) is 28.7 Å². The van der Waals surface area contributed by atoms with E-state index in [1.165, 1.54) is 0 Å². The SMILES string of the molecule is COc1ccc(OC)c(CN(C(=O)c2cc(C)oc2C)C2CC2)c1. The van der Waals surface area contributed by atoms with Gasteiger partial charge in [-0.1, -0.05) is 0 Å². The summed E-state index contributed by atoms with van der Waals surface area (Å²) in [6, 6.07) is 7.75. The molecular formula is C19H23NO4. The first kappa shape index (κ1) is 16.4. The first-order valence-electron chi connectivity index (χ1n) is 8.12. The number of rotatable bonds is 6. The molecule has 0 N–H and O–H groups in total. The molecule has 1 aromatic carbocycles. The van der Waals surface area contributed by atoms with Gasteiger partial charge in [0.05, 0.1) is 26.3 Å². The number of carbonyl (C=O) groups excluding carboxylic acids is 1. The lowest BCUT2D eigenvalue weighted by atomic mass is 10.1. The number of benzene rings is 1. The van der Waals surface area contributed by atoms with Gasteiger partial charge < -0.3 is 18.8 Å². The third-order valence-electron chi connectivity index (χ3n) is 4.35. The Balaban J connectivity index is 1.90. The molecule has 1 saturated carbocycles. The van der Waals surface area contributed by atoms with Crippen LogP contribution < -0.4 is 9.47 Å². The van der Waals surface area contributed by atoms with Crippen molar-refractivity contribution in [2.45, 2.75) is 39.3 Å². The van der Waals surface area contributed by atoms with Gasteiger partial charge in [-0.05, 0) is 51.0 Å². The zero-order chi connectivity index (χ0) is 17.3. The number of aryl methyl sites for hydroxylation is 2. The number of amides is 1. The molecule has 128 valence electrons. The molecule has 0 radical (unpaired) electrons. The van der Waals surface area contributed by atoms with E-state index < -0.39 is 0 Å². The van der Waals surface area contributed by atoms with E-state index in [-0.39, 0.29) is 11.9 Å². The first-order chi connectivity index (χ1) is 11.5. The predicted octanol–water partition coefficient (Wildman–Crippen LogP) is 3.72. The molecule has 2 aromatic rings. The number of furan rings is 1. The molecule has 1 aromatic heterocycles. The summed E-state index contributed by atoms with van der Waals surface area (Å²) in [5.74, 6) is 2.95. The quantitative estimate of drug-likeness (QED) is 0.810. The smallest absolute Gasteiger partial charge is 0.257 e. The fourth-order valence-corrected chi connectivity index (χ4v) is 2.94. The molecule has 1 amide bonds. The van der Waals surface area contributed by atoms with Crippen molar-refractivity contribution in [1.29, 1.82) is 0 Å². The van der Waals surface area contributed by atoms with Gasteiger partial charge in [0.2, 0.25) is 0 Å². The molecular weight excluding hydrogens is 306 g/mol. The Bertz CT molecular complexity index is 746. The standard InChI is InChI=1S/C19H23NO4/c1-12-9-17(13(2)24-12)19(21)20(15-5-6-15)11-14-10-16(22-3)7-8-18(14)23-4/h7-10,15H,5-6,11H2,1-4H3. The molecule has 5 nitrogen and oxygen atoms in total. The Morgan fingerprint density at radius 2 is 1.96 bits per heavy atom. The highest BCUT2D eigenvalue weighted by Gasteiger charge is 2.34. The number of methoxy groups -OCH3 is 2. The van der Waals surface area contributed by atoms with E-state index in [1.54, 1.807) is 14.2 Å². The summed E-state index contributed by atoms with van der Waals surface area (Å²) in [7, 11) is 3.27. The second-order valence-corrected chi connectivity index (χ2v) is 6.17. The van der Waals surface area contributed by atoms with Gasteiger partial charge in [0.15, 0.2) is 0 Å². The number of hydrogen-bond donors (Lipinski definition) is 0. The van der Waals surface area contributed by atoms with Crippen molar-refractivity contribution in [3.8, 4) is 11.5 Å². The molecule has 0 aliphatic heterocycles. The number of nitrogens with zero attached hydrogens (tertiary/aromatic N) is 1. The maximum atomic E-state index is 13.0. The third kappa shape index (κ3) is 3.25. The molecule has 0 unspecified atom stereocenters. The molecule has 24 heavy (non-hydrogen) atoms. The van der Waals surface area contributed by atoms with Gasteiger partial charge in [-0.15, -0.1) is 0 Å². The zero-order valence-corrected chi connectivity index (χ0v) is 14.6. The van der Waals surface area contributed by atoms with Crippen LogP contribution in [0.3, 0.4) is 0 Å². The number of hydrogen-bond acceptors (Lipinski definition) is 4. The van der Waals surface area contributed by atoms with Crippen molar-refractivity contribution in [2.75, 3.05) is 14.2 Å². The van der Waals surface area contributed by atoms with Crippen LogP contribution in [-0.4, -0.2) is 31.1 Å². The van der Waals surface area contributed by atoms with Crippen LogP contribution in [0.1, 0.15) is 40.3 Å². The molecule has 1 aliphatic carbocycles. The minimum Gasteiger partial charge on any atom is -0.497 e. The summed E-state index contributed by atoms with van der Waals surface area (Å²) in [5, 5.41) is 0. The fourth-order valence-electron chi connectivity index (χ4n) is 2.94. The largest absolute Gasteiger partial charge is 0.497 e. The van der Waals surface area contributed by atoms with Gasteiger partial charge in [-0.2, -0.15) is 0 Å². The average Bonchev–Trinajstić information content (AvgIpc) is 3.36. The maximum Gasteiger partial charge on any atom is 0.257 e. The fraction of sp³-hybridized carbons (Fsp3) is 0.421. The lowest BCUT2D eigenvalue weighted by Gasteiger charge is -2.23. The predicted molar refractivity (Wildman–Crippen MR) is 90.6 cm³/mol. The monoisotopic (exact) mass is 329 g/mol. The Morgan fingerprint density at radius 1 is 1.21 bits per heavy atom. The normalized spacial score (nSPS) is 13.7. The van der Waals surface area contributed by atoms with Gasteiger partial charge in [-0.25, -0.2) is 0 Å². The van der Waals surface area contributed by atoms with Crippen LogP contribution in [0.4, 0.5) is 0 Å². The third-order valence-corrected chi connectivity index (χ3v) is 4.35. The summed E-state index contributed by atoms with van der Waals surface area (Å²) in [4.78, 5) is 14.9. The van der Waals surface area contributed by atoms with E-state index in [4.69, 9.17) is 13.9 Å². The van der Waals surface area contributed by atoms with Crippen molar-refractivity contribution in [3.05, 3.63) is 46.9 Å². The van der Waals surface area contributed by atoms with Crippen molar-refractivity contribution >= 4 is 5.91 Å². The first-order valence-corrected chi connectivity index (χ1v) is 8.12. The highest BCUT2D eigenvalue weighted by molar-refractivity contribution is 5.95. The molecule has 0 atom stereocenters. The van der Waals surface area contributed by atoms with E-state index in [0.29, 0.717) is 17.9 Å². The average molecular weight is 329 g/mol. The van der Waals surface area contributed by atoms with Crippen LogP contribution in [0, 0.1) is 13.8 Å². The second kappa shape index (κ2) is 6.59. The topological polar surface area (TPSA) is 51.9 Å². The molecule has 1 heterocycles. The molecule has 0 saturated heterocycles. The van der Waals surface area contributed by atoms with Crippen LogP contribution in [0.5, 0.6) is 11.5 Å². The van der Waals surface area contributed by atoms with Crippen LogP contribution in [0.2, 0.25) is 0 Å². The van der Waals surface area contributed by atoms with Gasteiger partial charge in [0.25, 0.3) is 5.91 Å². The highest BCUT2D eigenvalue weighted by atomic mass is 16.5. The molecule has 1 aliphatic rings. The second-order valence-electron chi connectivity index (χ2n) is 6.17. The minimum absolute atomic E-state index is 0.0109. The lowest BCUT2D eigenvalue weighted by Crippen LogP contribution is -2.32. The summed E-state index contributed by atoms with van der Waals surface area (Å²) >= 11 is 0. The summed E-state index contributed by atoms with van der Waals surface area (Å²) in [6.45, 7) is 4.18. The van der Waals surface area contributed by atoms with Crippen LogP contribution in [0.25, 0.3) is 0 Å². The van der Waals surface area contributed by atoms with Gasteiger partial charge in [0.1, 0.15) is 23.0 Å². The zero-order valence-electron chi connectivity index (χ0n) is 14.6. The minimum atomic E-state index is 0.0109. The van der Waals surface area contributed by atoms with Gasteiger partial charge in [0, 0.05) is 11.6 Å². The Hall–Kier alpha value is -2.43. The van der Waals surface area contributed by atoms with E-state index in [9.17, 15) is 4.79 Å². The van der Waals surface area contributed by atoms with Crippen LogP contribution >= 0.6 is 0 Å². The van der Waals surface area contributed by atoms with Crippen LogP contribution in [-0.2, 0) is 6.54 Å².